The zero-order chi connectivity index (χ0) is 12.3. The molecule has 0 saturated heterocycles. The lowest BCUT2D eigenvalue weighted by atomic mass is 10.2. The molecule has 1 nitrogen and oxygen atoms in total. The number of benzene rings is 1. The van der Waals surface area contributed by atoms with Gasteiger partial charge in [0.25, 0.3) is 0 Å². The molecule has 0 N–H and O–H groups in total. The quantitative estimate of drug-likeness (QED) is 0.756. The maximum atomic E-state index is 12.7. The molecule has 0 unspecified atom stereocenters. The molecule has 0 aliphatic rings. The van der Waals surface area contributed by atoms with E-state index in [0.29, 0.717) is 10.5 Å². The predicted molar refractivity (Wildman–Crippen MR) is 60.9 cm³/mol. The van der Waals surface area contributed by atoms with Gasteiger partial charge in [0, 0.05) is 17.1 Å². The van der Waals surface area contributed by atoms with Gasteiger partial charge in [-0.1, -0.05) is 28.1 Å². The number of halogens is 4. The van der Waals surface area contributed by atoms with Gasteiger partial charge in [-0.3, -0.25) is 0 Å². The summed E-state index contributed by atoms with van der Waals surface area (Å²) in [6.07, 6.45) is -4.30. The average molecular weight is 296 g/mol. The molecule has 1 aromatic carbocycles. The van der Waals surface area contributed by atoms with Crippen LogP contribution in [0.1, 0.15) is 19.4 Å². The van der Waals surface area contributed by atoms with Crippen molar-refractivity contribution in [2.75, 3.05) is 0 Å². The van der Waals surface area contributed by atoms with Crippen LogP contribution in [0.15, 0.2) is 28.7 Å². The fraction of sp³-hybridized carbons (Fsp3) is 0.455. The van der Waals surface area contributed by atoms with Gasteiger partial charge >= 0.3 is 6.30 Å². The molecule has 0 aliphatic carbocycles. The summed E-state index contributed by atoms with van der Waals surface area (Å²) in [5.74, 6) is 0. The smallest absolute Gasteiger partial charge is 0.208 e. The molecule has 0 aliphatic heterocycles. The highest BCUT2D eigenvalue weighted by Crippen LogP contribution is 2.26. The van der Waals surface area contributed by atoms with Crippen molar-refractivity contribution in [3.8, 4) is 0 Å². The fourth-order valence-electron chi connectivity index (χ4n) is 1.40. The molecule has 0 aromatic heterocycles. The molecule has 1 rings (SSSR count). The number of hydrogen-bond donors (Lipinski definition) is 0. The Balaban J connectivity index is 2.84. The van der Waals surface area contributed by atoms with Crippen LogP contribution in [0.25, 0.3) is 0 Å². The van der Waals surface area contributed by atoms with Gasteiger partial charge in [0.15, 0.2) is 0 Å². The topological polar surface area (TPSA) is 3.24 Å². The van der Waals surface area contributed by atoms with Gasteiger partial charge < -0.3 is 0 Å². The van der Waals surface area contributed by atoms with E-state index in [1.165, 1.54) is 13.8 Å². The maximum absolute atomic E-state index is 12.7. The lowest BCUT2D eigenvalue weighted by molar-refractivity contribution is -0.259. The second-order valence-corrected chi connectivity index (χ2v) is 4.74. The summed E-state index contributed by atoms with van der Waals surface area (Å²) in [6, 6.07) is 6.33. The third-order valence-electron chi connectivity index (χ3n) is 2.19. The Hall–Kier alpha value is -0.550. The van der Waals surface area contributed by atoms with E-state index in [1.54, 1.807) is 24.3 Å². The van der Waals surface area contributed by atoms with Gasteiger partial charge in [0.05, 0.1) is 0 Å². The normalized spacial score (nSPS) is 12.5. The van der Waals surface area contributed by atoms with Crippen molar-refractivity contribution in [1.82, 2.24) is 4.90 Å². The van der Waals surface area contributed by atoms with E-state index in [0.717, 1.165) is 4.47 Å². The van der Waals surface area contributed by atoms with Crippen LogP contribution in [-0.4, -0.2) is 17.2 Å². The molecular weight excluding hydrogens is 283 g/mol. The molecule has 1 aromatic rings. The van der Waals surface area contributed by atoms with E-state index in [-0.39, 0.29) is 6.54 Å². The molecule has 16 heavy (non-hydrogen) atoms. The standard InChI is InChI=1S/C11H13BrF3N/c1-8(2)16(11(13,14)15)7-9-4-3-5-10(12)6-9/h3-6,8H,7H2,1-2H3. The van der Waals surface area contributed by atoms with Crippen LogP contribution < -0.4 is 0 Å². The summed E-state index contributed by atoms with van der Waals surface area (Å²) in [7, 11) is 0. The van der Waals surface area contributed by atoms with Gasteiger partial charge in [-0.2, -0.15) is 13.2 Å². The highest BCUT2D eigenvalue weighted by atomic mass is 79.9. The largest absolute Gasteiger partial charge is 0.460 e. The summed E-state index contributed by atoms with van der Waals surface area (Å²) in [6.45, 7) is 2.94. The minimum absolute atomic E-state index is 0.124. The van der Waals surface area contributed by atoms with E-state index in [4.69, 9.17) is 0 Å². The first-order chi connectivity index (χ1) is 7.30. The van der Waals surface area contributed by atoms with Crippen molar-refractivity contribution < 1.29 is 13.2 Å². The summed E-state index contributed by atoms with van der Waals surface area (Å²) < 4.78 is 38.8. The molecule has 90 valence electrons. The monoisotopic (exact) mass is 295 g/mol. The van der Waals surface area contributed by atoms with E-state index in [1.807, 2.05) is 0 Å². The van der Waals surface area contributed by atoms with Crippen LogP contribution in [0.4, 0.5) is 13.2 Å². The van der Waals surface area contributed by atoms with Crippen molar-refractivity contribution in [2.45, 2.75) is 32.7 Å². The number of alkyl halides is 3. The third kappa shape index (κ3) is 3.79. The first-order valence-electron chi connectivity index (χ1n) is 4.88. The minimum atomic E-state index is -4.30. The minimum Gasteiger partial charge on any atom is -0.208 e. The summed E-state index contributed by atoms with van der Waals surface area (Å²) >= 11 is 3.24. The third-order valence-corrected chi connectivity index (χ3v) is 2.68. The summed E-state index contributed by atoms with van der Waals surface area (Å²) in [4.78, 5) is 0.509. The Morgan fingerprint density at radius 3 is 2.38 bits per heavy atom. The van der Waals surface area contributed by atoms with Crippen LogP contribution >= 0.6 is 15.9 Å². The van der Waals surface area contributed by atoms with Crippen molar-refractivity contribution >= 4 is 15.9 Å². The molecule has 0 amide bonds. The highest BCUT2D eigenvalue weighted by molar-refractivity contribution is 9.10. The number of rotatable bonds is 3. The molecular formula is C11H13BrF3N. The highest BCUT2D eigenvalue weighted by Gasteiger charge is 2.38. The molecule has 0 fully saturated rings. The molecule has 0 spiro atoms. The number of hydrogen-bond acceptors (Lipinski definition) is 1. The van der Waals surface area contributed by atoms with Gasteiger partial charge in [0.1, 0.15) is 0 Å². The molecule has 0 atom stereocenters. The van der Waals surface area contributed by atoms with Crippen LogP contribution in [0.2, 0.25) is 0 Å². The number of nitrogens with zero attached hydrogens (tertiary/aromatic N) is 1. The van der Waals surface area contributed by atoms with Crippen LogP contribution in [0, 0.1) is 0 Å². The summed E-state index contributed by atoms with van der Waals surface area (Å²) in [5, 5.41) is 0. The van der Waals surface area contributed by atoms with Gasteiger partial charge in [-0.25, -0.2) is 4.90 Å². The van der Waals surface area contributed by atoms with E-state index in [2.05, 4.69) is 15.9 Å². The Morgan fingerprint density at radius 1 is 1.31 bits per heavy atom. The maximum Gasteiger partial charge on any atom is 0.460 e. The summed E-state index contributed by atoms with van der Waals surface area (Å²) in [5.41, 5.74) is 0.639. The average Bonchev–Trinajstić information content (AvgIpc) is 2.12. The predicted octanol–water partition coefficient (Wildman–Crippen LogP) is 4.18. The molecule has 0 saturated carbocycles. The van der Waals surface area contributed by atoms with Crippen LogP contribution in [-0.2, 0) is 6.54 Å². The first kappa shape index (κ1) is 13.5. The van der Waals surface area contributed by atoms with Crippen molar-refractivity contribution in [3.05, 3.63) is 34.3 Å². The van der Waals surface area contributed by atoms with Gasteiger partial charge in [0.2, 0.25) is 0 Å². The van der Waals surface area contributed by atoms with E-state index >= 15 is 0 Å². The zero-order valence-electron chi connectivity index (χ0n) is 9.05. The second-order valence-electron chi connectivity index (χ2n) is 3.82. The van der Waals surface area contributed by atoms with E-state index in [9.17, 15) is 13.2 Å². The Bertz CT molecular complexity index is 349. The second kappa shape index (κ2) is 5.19. The molecule has 5 heteroatoms. The molecule has 0 radical (unpaired) electrons. The van der Waals surface area contributed by atoms with Gasteiger partial charge in [-0.05, 0) is 31.5 Å². The first-order valence-corrected chi connectivity index (χ1v) is 5.68. The Kier molecular flexibility index (Phi) is 4.38. The lowest BCUT2D eigenvalue weighted by Crippen LogP contribution is -2.42. The molecule has 0 bridgehead atoms. The molecule has 0 heterocycles. The van der Waals surface area contributed by atoms with E-state index < -0.39 is 12.3 Å². The zero-order valence-corrected chi connectivity index (χ0v) is 10.6. The van der Waals surface area contributed by atoms with Crippen molar-refractivity contribution in [3.63, 3.8) is 0 Å². The fourth-order valence-corrected chi connectivity index (χ4v) is 1.84. The lowest BCUT2D eigenvalue weighted by Gasteiger charge is -2.28. The Labute approximate surface area is 101 Å². The Morgan fingerprint density at radius 2 is 1.94 bits per heavy atom. The van der Waals surface area contributed by atoms with Crippen LogP contribution in [0.3, 0.4) is 0 Å². The van der Waals surface area contributed by atoms with Crippen LogP contribution in [0.5, 0.6) is 0 Å². The SMILES string of the molecule is CC(C)N(Cc1cccc(Br)c1)C(F)(F)F. The van der Waals surface area contributed by atoms with Crippen molar-refractivity contribution in [2.24, 2.45) is 0 Å². The van der Waals surface area contributed by atoms with Gasteiger partial charge in [-0.15, -0.1) is 0 Å². The van der Waals surface area contributed by atoms with Crippen molar-refractivity contribution in [1.29, 1.82) is 0 Å².